The molecule has 1 aromatic carbocycles. The molecule has 19 heavy (non-hydrogen) atoms. The fourth-order valence-corrected chi connectivity index (χ4v) is 3.33. The Bertz CT molecular complexity index is 490. The molecule has 0 heterocycles. The van der Waals surface area contributed by atoms with Crippen molar-refractivity contribution < 1.29 is 13.2 Å². The topological polar surface area (TPSA) is 46.6 Å². The summed E-state index contributed by atoms with van der Waals surface area (Å²) in [6.45, 7) is 3.63. The molecule has 0 saturated heterocycles. The smallest absolute Gasteiger partial charge is 0.180 e. The standard InChI is InChI=1S/C13H20BrNO3S/c1-3-19(16,17)13-7-5-4-6-12(13)15(9-8-14)10-11-18-2/h4-7H,3,8-11H2,1-2H3. The third kappa shape index (κ3) is 4.47. The summed E-state index contributed by atoms with van der Waals surface area (Å²) in [5.41, 5.74) is 0.751. The molecule has 0 fully saturated rings. The molecule has 0 unspecified atom stereocenters. The Kier molecular flexibility index (Phi) is 6.82. The lowest BCUT2D eigenvalue weighted by molar-refractivity contribution is 0.205. The van der Waals surface area contributed by atoms with E-state index in [0.29, 0.717) is 18.0 Å². The van der Waals surface area contributed by atoms with E-state index in [9.17, 15) is 8.42 Å². The summed E-state index contributed by atoms with van der Waals surface area (Å²) in [5, 5.41) is 0.775. The van der Waals surface area contributed by atoms with Gasteiger partial charge in [-0.25, -0.2) is 8.42 Å². The number of halogens is 1. The molecule has 0 spiro atoms. The number of para-hydroxylation sites is 1. The summed E-state index contributed by atoms with van der Waals surface area (Å²) >= 11 is 3.40. The van der Waals surface area contributed by atoms with Crippen LogP contribution in [0.4, 0.5) is 5.69 Å². The number of alkyl halides is 1. The van der Waals surface area contributed by atoms with E-state index in [1.165, 1.54) is 0 Å². The van der Waals surface area contributed by atoms with E-state index < -0.39 is 9.84 Å². The van der Waals surface area contributed by atoms with Gasteiger partial charge < -0.3 is 9.64 Å². The van der Waals surface area contributed by atoms with Crippen LogP contribution in [0.1, 0.15) is 6.92 Å². The van der Waals surface area contributed by atoms with Crippen molar-refractivity contribution in [1.82, 2.24) is 0 Å². The van der Waals surface area contributed by atoms with Crippen molar-refractivity contribution in [3.63, 3.8) is 0 Å². The van der Waals surface area contributed by atoms with Crippen molar-refractivity contribution >= 4 is 31.5 Å². The zero-order valence-electron chi connectivity index (χ0n) is 11.3. The lowest BCUT2D eigenvalue weighted by Crippen LogP contribution is -2.30. The Hall–Kier alpha value is -0.590. The minimum Gasteiger partial charge on any atom is -0.383 e. The minimum atomic E-state index is -3.22. The zero-order chi connectivity index (χ0) is 14.3. The fraction of sp³-hybridized carbons (Fsp3) is 0.538. The van der Waals surface area contributed by atoms with Gasteiger partial charge in [0.05, 0.1) is 22.9 Å². The maximum absolute atomic E-state index is 12.1. The van der Waals surface area contributed by atoms with Gasteiger partial charge in [-0.15, -0.1) is 0 Å². The van der Waals surface area contributed by atoms with Crippen LogP contribution in [0, 0.1) is 0 Å². The summed E-state index contributed by atoms with van der Waals surface area (Å²) in [4.78, 5) is 2.43. The molecule has 108 valence electrons. The number of sulfone groups is 1. The molecule has 0 aromatic heterocycles. The molecule has 6 heteroatoms. The molecule has 0 N–H and O–H groups in total. The van der Waals surface area contributed by atoms with Crippen LogP contribution in [0.3, 0.4) is 0 Å². The van der Waals surface area contributed by atoms with E-state index in [4.69, 9.17) is 4.74 Å². The zero-order valence-corrected chi connectivity index (χ0v) is 13.7. The molecule has 0 amide bonds. The third-order valence-corrected chi connectivity index (χ3v) is 4.97. The Morgan fingerprint density at radius 1 is 1.26 bits per heavy atom. The molecule has 4 nitrogen and oxygen atoms in total. The molecule has 1 rings (SSSR count). The van der Waals surface area contributed by atoms with E-state index in [0.717, 1.165) is 17.6 Å². The first-order valence-corrected chi connectivity index (χ1v) is 8.95. The van der Waals surface area contributed by atoms with E-state index in [1.807, 2.05) is 17.0 Å². The Labute approximate surface area is 123 Å². The highest BCUT2D eigenvalue weighted by Gasteiger charge is 2.19. The monoisotopic (exact) mass is 349 g/mol. The van der Waals surface area contributed by atoms with Crippen molar-refractivity contribution in [1.29, 1.82) is 0 Å². The molecule has 0 aliphatic rings. The van der Waals surface area contributed by atoms with Gasteiger partial charge in [-0.1, -0.05) is 35.0 Å². The summed E-state index contributed by atoms with van der Waals surface area (Å²) in [6, 6.07) is 7.13. The largest absolute Gasteiger partial charge is 0.383 e. The van der Waals surface area contributed by atoms with Crippen molar-refractivity contribution in [3.05, 3.63) is 24.3 Å². The van der Waals surface area contributed by atoms with E-state index in [1.54, 1.807) is 26.2 Å². The Morgan fingerprint density at radius 2 is 1.95 bits per heavy atom. The van der Waals surface area contributed by atoms with Gasteiger partial charge in [0, 0.05) is 25.5 Å². The van der Waals surface area contributed by atoms with Crippen molar-refractivity contribution in [3.8, 4) is 0 Å². The van der Waals surface area contributed by atoms with Crippen LogP contribution in [0.15, 0.2) is 29.2 Å². The van der Waals surface area contributed by atoms with Gasteiger partial charge in [0.1, 0.15) is 0 Å². The van der Waals surface area contributed by atoms with Crippen LogP contribution >= 0.6 is 15.9 Å². The number of methoxy groups -OCH3 is 1. The number of hydrogen-bond acceptors (Lipinski definition) is 4. The lowest BCUT2D eigenvalue weighted by Gasteiger charge is -2.25. The second-order valence-corrected chi connectivity index (χ2v) is 7.08. The summed E-state index contributed by atoms with van der Waals surface area (Å²) in [7, 11) is -1.58. The van der Waals surface area contributed by atoms with E-state index >= 15 is 0 Å². The fourth-order valence-electron chi connectivity index (χ4n) is 1.79. The van der Waals surface area contributed by atoms with Gasteiger partial charge in [-0.3, -0.25) is 0 Å². The SMILES string of the molecule is CCS(=O)(=O)c1ccccc1N(CCBr)CCOC. The molecular weight excluding hydrogens is 330 g/mol. The van der Waals surface area contributed by atoms with Gasteiger partial charge >= 0.3 is 0 Å². The van der Waals surface area contributed by atoms with Crippen LogP contribution in [0.2, 0.25) is 0 Å². The molecule has 0 saturated carbocycles. The van der Waals surface area contributed by atoms with Gasteiger partial charge in [0.2, 0.25) is 0 Å². The molecule has 0 aliphatic heterocycles. The van der Waals surface area contributed by atoms with E-state index in [-0.39, 0.29) is 5.75 Å². The molecular formula is C13H20BrNO3S. The van der Waals surface area contributed by atoms with Crippen LogP contribution < -0.4 is 4.90 Å². The summed E-state index contributed by atoms with van der Waals surface area (Å²) in [5.74, 6) is 0.108. The first-order valence-electron chi connectivity index (χ1n) is 6.18. The molecule has 1 aromatic rings. The average molecular weight is 350 g/mol. The number of ether oxygens (including phenoxy) is 1. The highest BCUT2D eigenvalue weighted by molar-refractivity contribution is 9.09. The van der Waals surface area contributed by atoms with Crippen molar-refractivity contribution in [2.24, 2.45) is 0 Å². The molecule has 0 atom stereocenters. The van der Waals surface area contributed by atoms with E-state index in [2.05, 4.69) is 15.9 Å². The lowest BCUT2D eigenvalue weighted by atomic mass is 10.3. The number of nitrogens with zero attached hydrogens (tertiary/aromatic N) is 1. The van der Waals surface area contributed by atoms with Crippen LogP contribution in [-0.2, 0) is 14.6 Å². The average Bonchev–Trinajstić information content (AvgIpc) is 2.43. The second kappa shape index (κ2) is 7.87. The predicted molar refractivity (Wildman–Crippen MR) is 82.1 cm³/mol. The first-order chi connectivity index (χ1) is 9.06. The molecule has 0 bridgehead atoms. The predicted octanol–water partition coefficient (Wildman–Crippen LogP) is 2.33. The van der Waals surface area contributed by atoms with Crippen LogP contribution in [0.5, 0.6) is 0 Å². The van der Waals surface area contributed by atoms with Gasteiger partial charge in [-0.2, -0.15) is 0 Å². The third-order valence-electron chi connectivity index (χ3n) is 2.84. The number of hydrogen-bond donors (Lipinski definition) is 0. The molecule has 0 aliphatic carbocycles. The van der Waals surface area contributed by atoms with Crippen LogP contribution in [-0.4, -0.2) is 46.3 Å². The quantitative estimate of drug-likeness (QED) is 0.675. The summed E-state index contributed by atoms with van der Waals surface area (Å²) < 4.78 is 29.4. The number of rotatable bonds is 8. The van der Waals surface area contributed by atoms with Crippen molar-refractivity contribution in [2.45, 2.75) is 11.8 Å². The maximum atomic E-state index is 12.1. The van der Waals surface area contributed by atoms with Gasteiger partial charge in [0.15, 0.2) is 9.84 Å². The first kappa shape index (κ1) is 16.5. The number of anilines is 1. The van der Waals surface area contributed by atoms with Crippen molar-refractivity contribution in [2.75, 3.05) is 42.8 Å². The minimum absolute atomic E-state index is 0.108. The van der Waals surface area contributed by atoms with Crippen LogP contribution in [0.25, 0.3) is 0 Å². The Morgan fingerprint density at radius 3 is 2.53 bits per heavy atom. The highest BCUT2D eigenvalue weighted by Crippen LogP contribution is 2.26. The maximum Gasteiger partial charge on any atom is 0.180 e. The highest BCUT2D eigenvalue weighted by atomic mass is 79.9. The van der Waals surface area contributed by atoms with Gasteiger partial charge in [-0.05, 0) is 12.1 Å². The summed E-state index contributed by atoms with van der Waals surface area (Å²) in [6.07, 6.45) is 0. The second-order valence-electron chi connectivity index (χ2n) is 4.04. The van der Waals surface area contributed by atoms with Gasteiger partial charge in [0.25, 0.3) is 0 Å². The normalized spacial score (nSPS) is 11.5. The molecule has 0 radical (unpaired) electrons. The number of benzene rings is 1. The Balaban J connectivity index is 3.15.